The number of urea groups is 1. The molecule has 1 atom stereocenters. The van der Waals surface area contributed by atoms with Gasteiger partial charge >= 0.3 is 6.03 Å². The normalized spacial score (nSPS) is 21.5. The Bertz CT molecular complexity index is 953. The zero-order valence-corrected chi connectivity index (χ0v) is 17.6. The summed E-state index contributed by atoms with van der Waals surface area (Å²) in [6.45, 7) is 5.50. The van der Waals surface area contributed by atoms with E-state index in [2.05, 4.69) is 38.7 Å². The quantitative estimate of drug-likeness (QED) is 0.527. The van der Waals surface area contributed by atoms with E-state index in [4.69, 9.17) is 15.1 Å². The van der Waals surface area contributed by atoms with Crippen LogP contribution in [0.25, 0.3) is 0 Å². The van der Waals surface area contributed by atoms with E-state index < -0.39 is 0 Å². The van der Waals surface area contributed by atoms with Crippen molar-refractivity contribution in [1.82, 2.24) is 25.4 Å². The molecule has 0 bridgehead atoms. The van der Waals surface area contributed by atoms with Crippen LogP contribution in [0.1, 0.15) is 36.8 Å². The van der Waals surface area contributed by atoms with Crippen LogP contribution in [0.15, 0.2) is 18.3 Å². The zero-order chi connectivity index (χ0) is 21.4. The summed E-state index contributed by atoms with van der Waals surface area (Å²) in [5, 5.41) is 21.3. The Morgan fingerprint density at radius 1 is 1.39 bits per heavy atom. The number of H-pyrrole nitrogens is 1. The van der Waals surface area contributed by atoms with Gasteiger partial charge < -0.3 is 30.6 Å². The molecule has 1 saturated carbocycles. The highest BCUT2D eigenvalue weighted by Gasteiger charge is 2.36. The molecular formula is C21H28N8O2. The molecule has 2 aliphatic heterocycles. The van der Waals surface area contributed by atoms with Crippen molar-refractivity contribution in [3.8, 4) is 0 Å². The molecule has 10 nitrogen and oxygen atoms in total. The lowest BCUT2D eigenvalue weighted by atomic mass is 9.88. The second-order valence-corrected chi connectivity index (χ2v) is 8.51. The van der Waals surface area contributed by atoms with Crippen molar-refractivity contribution >= 4 is 29.7 Å². The average Bonchev–Trinajstić information content (AvgIpc) is 3.39. The van der Waals surface area contributed by atoms with E-state index in [0.717, 1.165) is 36.3 Å². The molecule has 164 valence electrons. The third kappa shape index (κ3) is 4.07. The number of amides is 2. The number of rotatable bonds is 6. The van der Waals surface area contributed by atoms with E-state index >= 15 is 0 Å². The molecule has 2 aromatic rings. The Kier molecular flexibility index (Phi) is 5.23. The molecule has 4 heterocycles. The molecule has 0 radical (unpaired) electrons. The van der Waals surface area contributed by atoms with E-state index in [-0.39, 0.29) is 18.0 Å². The van der Waals surface area contributed by atoms with Crippen LogP contribution in [0.2, 0.25) is 0 Å². The molecule has 0 spiro atoms. The number of carbonyl (C=O) groups excluding carboxylic acids is 1. The van der Waals surface area contributed by atoms with Gasteiger partial charge in [-0.05, 0) is 31.4 Å². The van der Waals surface area contributed by atoms with Crippen LogP contribution in [0.4, 0.5) is 22.2 Å². The number of aromatic nitrogens is 3. The number of pyridine rings is 1. The van der Waals surface area contributed by atoms with Gasteiger partial charge in [0.15, 0.2) is 0 Å². The lowest BCUT2D eigenvalue weighted by molar-refractivity contribution is 0.0985. The standard InChI is InChI=1S/C21H28N8O2/c1-13-12-31-7-6-29(13)19-8-16(14-10-28(11-14)21(30)24-15-2-3-15)17(9-22)20(26-19)25-18-4-5-23-27-18/h4-5,8-9,13-15,22H,2-3,6-7,10-12H2,1H3,(H,24,30)(H2,23,25,26,27)/t13-/m1/s1. The van der Waals surface area contributed by atoms with E-state index in [0.29, 0.717) is 44.0 Å². The van der Waals surface area contributed by atoms with Crippen molar-refractivity contribution in [1.29, 1.82) is 5.41 Å². The van der Waals surface area contributed by atoms with Crippen LogP contribution in [-0.2, 0) is 4.74 Å². The molecule has 2 amide bonds. The maximum absolute atomic E-state index is 12.4. The van der Waals surface area contributed by atoms with Gasteiger partial charge in [0.2, 0.25) is 0 Å². The molecule has 3 aliphatic rings. The molecule has 1 aliphatic carbocycles. The first-order valence-electron chi connectivity index (χ1n) is 10.8. The molecule has 4 N–H and O–H groups in total. The van der Waals surface area contributed by atoms with Gasteiger partial charge in [0, 0.05) is 49.4 Å². The summed E-state index contributed by atoms with van der Waals surface area (Å²) >= 11 is 0. The van der Waals surface area contributed by atoms with Crippen LogP contribution < -0.4 is 15.5 Å². The second kappa shape index (κ2) is 8.18. The minimum atomic E-state index is 0.0158. The predicted molar refractivity (Wildman–Crippen MR) is 117 cm³/mol. The van der Waals surface area contributed by atoms with Crippen molar-refractivity contribution in [2.45, 2.75) is 37.8 Å². The summed E-state index contributed by atoms with van der Waals surface area (Å²) in [5.41, 5.74) is 1.78. The predicted octanol–water partition coefficient (Wildman–Crippen LogP) is 2.04. The van der Waals surface area contributed by atoms with Gasteiger partial charge in [0.05, 0.1) is 25.5 Å². The second-order valence-electron chi connectivity index (χ2n) is 8.51. The Morgan fingerprint density at radius 3 is 2.90 bits per heavy atom. The van der Waals surface area contributed by atoms with Gasteiger partial charge in [-0.15, -0.1) is 0 Å². The van der Waals surface area contributed by atoms with Gasteiger partial charge in [0.25, 0.3) is 0 Å². The summed E-state index contributed by atoms with van der Waals surface area (Å²) < 4.78 is 5.60. The smallest absolute Gasteiger partial charge is 0.317 e. The van der Waals surface area contributed by atoms with E-state index in [1.54, 1.807) is 6.20 Å². The molecule has 3 fully saturated rings. The number of aromatic amines is 1. The van der Waals surface area contributed by atoms with Gasteiger partial charge in [-0.3, -0.25) is 5.10 Å². The SMILES string of the molecule is C[C@@H]1COCCN1c1cc(C2CN(C(=O)NC3CC3)C2)c(C=N)c(Nc2ccn[nH]2)n1. The lowest BCUT2D eigenvalue weighted by Crippen LogP contribution is -2.53. The minimum absolute atomic E-state index is 0.0158. The molecule has 2 aromatic heterocycles. The maximum Gasteiger partial charge on any atom is 0.317 e. The van der Waals surface area contributed by atoms with Gasteiger partial charge in [0.1, 0.15) is 17.5 Å². The van der Waals surface area contributed by atoms with Gasteiger partial charge in [-0.25, -0.2) is 9.78 Å². The third-order valence-electron chi connectivity index (χ3n) is 6.15. The van der Waals surface area contributed by atoms with Crippen molar-refractivity contribution < 1.29 is 9.53 Å². The Balaban J connectivity index is 1.44. The van der Waals surface area contributed by atoms with Crippen molar-refractivity contribution in [3.63, 3.8) is 0 Å². The van der Waals surface area contributed by atoms with Crippen LogP contribution >= 0.6 is 0 Å². The Labute approximate surface area is 180 Å². The highest BCUT2D eigenvalue weighted by Crippen LogP contribution is 2.35. The number of hydrogen-bond donors (Lipinski definition) is 4. The van der Waals surface area contributed by atoms with Crippen molar-refractivity contribution in [2.75, 3.05) is 43.1 Å². The number of morpholine rings is 1. The van der Waals surface area contributed by atoms with E-state index in [9.17, 15) is 4.79 Å². The summed E-state index contributed by atoms with van der Waals surface area (Å²) in [4.78, 5) is 21.3. The number of nitrogens with zero attached hydrogens (tertiary/aromatic N) is 4. The number of anilines is 3. The fourth-order valence-corrected chi connectivity index (χ4v) is 4.15. The van der Waals surface area contributed by atoms with Gasteiger partial charge in [-0.2, -0.15) is 5.10 Å². The molecule has 31 heavy (non-hydrogen) atoms. The fourth-order valence-electron chi connectivity index (χ4n) is 4.15. The third-order valence-corrected chi connectivity index (χ3v) is 6.15. The number of carbonyl (C=O) groups is 1. The number of nitrogens with one attached hydrogen (secondary N) is 4. The summed E-state index contributed by atoms with van der Waals surface area (Å²) in [7, 11) is 0. The first-order valence-corrected chi connectivity index (χ1v) is 10.8. The molecular weight excluding hydrogens is 396 g/mol. The Hall–Kier alpha value is -3.14. The monoisotopic (exact) mass is 424 g/mol. The molecule has 0 aromatic carbocycles. The summed E-state index contributed by atoms with van der Waals surface area (Å²) in [5.74, 6) is 2.36. The molecule has 2 saturated heterocycles. The summed E-state index contributed by atoms with van der Waals surface area (Å²) in [6.07, 6.45) is 5.17. The fraction of sp³-hybridized carbons (Fsp3) is 0.524. The molecule has 5 rings (SSSR count). The van der Waals surface area contributed by atoms with Crippen molar-refractivity contribution in [2.24, 2.45) is 0 Å². The summed E-state index contributed by atoms with van der Waals surface area (Å²) in [6, 6.07) is 4.49. The van der Waals surface area contributed by atoms with Crippen molar-refractivity contribution in [3.05, 3.63) is 29.5 Å². The maximum atomic E-state index is 12.4. The largest absolute Gasteiger partial charge is 0.377 e. The molecule has 10 heteroatoms. The number of likely N-dealkylation sites (tertiary alicyclic amines) is 1. The zero-order valence-electron chi connectivity index (χ0n) is 17.6. The lowest BCUT2D eigenvalue weighted by Gasteiger charge is -2.41. The van der Waals surface area contributed by atoms with Crippen LogP contribution in [-0.4, -0.2) is 77.3 Å². The Morgan fingerprint density at radius 2 is 2.23 bits per heavy atom. The average molecular weight is 425 g/mol. The highest BCUT2D eigenvalue weighted by molar-refractivity contribution is 5.89. The first-order chi connectivity index (χ1) is 15.1. The van der Waals surface area contributed by atoms with Crippen LogP contribution in [0.3, 0.4) is 0 Å². The van der Waals surface area contributed by atoms with E-state index in [1.165, 1.54) is 6.21 Å². The minimum Gasteiger partial charge on any atom is -0.377 e. The highest BCUT2D eigenvalue weighted by atomic mass is 16.5. The van der Waals surface area contributed by atoms with Crippen LogP contribution in [0, 0.1) is 5.41 Å². The first kappa shape index (κ1) is 19.8. The van der Waals surface area contributed by atoms with Crippen LogP contribution in [0.5, 0.6) is 0 Å². The van der Waals surface area contributed by atoms with Gasteiger partial charge in [-0.1, -0.05) is 0 Å². The number of ether oxygens (including phenoxy) is 1. The molecule has 0 unspecified atom stereocenters. The topological polar surface area (TPSA) is 122 Å². The number of hydrogen-bond acceptors (Lipinski definition) is 7. The van der Waals surface area contributed by atoms with E-state index in [1.807, 2.05) is 11.0 Å².